The fourth-order valence-electron chi connectivity index (χ4n) is 2.14. The topological polar surface area (TPSA) is 38.3 Å². The summed E-state index contributed by atoms with van der Waals surface area (Å²) in [5.41, 5.74) is -0.332. The Kier molecular flexibility index (Phi) is 1.88. The molecule has 0 aromatic heterocycles. The number of ether oxygens (including phenoxy) is 1. The number of fused-ring (bicyclic) bond motifs is 1. The summed E-state index contributed by atoms with van der Waals surface area (Å²) < 4.78 is 5.33. The van der Waals surface area contributed by atoms with Gasteiger partial charge in [0, 0.05) is 0 Å². The van der Waals surface area contributed by atoms with Crippen molar-refractivity contribution in [3.05, 3.63) is 0 Å². The summed E-state index contributed by atoms with van der Waals surface area (Å²) in [4.78, 5) is 11.6. The monoisotopic (exact) mass is 183 g/mol. The summed E-state index contributed by atoms with van der Waals surface area (Å²) >= 11 is 0. The van der Waals surface area contributed by atoms with Gasteiger partial charge in [0.2, 0.25) is 0 Å². The van der Waals surface area contributed by atoms with Crippen LogP contribution in [0.15, 0.2) is 0 Å². The summed E-state index contributed by atoms with van der Waals surface area (Å²) in [5.74, 6) is 1.33. The van der Waals surface area contributed by atoms with Crippen molar-refractivity contribution < 1.29 is 9.53 Å². The predicted octanol–water partition coefficient (Wildman–Crippen LogP) is 0.793. The number of piperidine rings is 1. The van der Waals surface area contributed by atoms with Crippen LogP contribution in [0.3, 0.4) is 0 Å². The van der Waals surface area contributed by atoms with Crippen molar-refractivity contribution in [3.63, 3.8) is 0 Å². The number of hydrogen-bond acceptors (Lipinski definition) is 3. The van der Waals surface area contributed by atoms with E-state index in [0.717, 1.165) is 13.1 Å². The van der Waals surface area contributed by atoms with Crippen molar-refractivity contribution in [2.75, 3.05) is 13.1 Å². The molecular weight excluding hydrogens is 166 g/mol. The minimum atomic E-state index is -0.332. The van der Waals surface area contributed by atoms with Crippen LogP contribution in [0, 0.1) is 17.8 Å². The molecule has 1 saturated heterocycles. The SMILES string of the molecule is CC(C)(C)OC(=O)C1[C@H]2CNC[C@@H]12. The molecule has 3 atom stereocenters. The molecule has 0 aromatic rings. The van der Waals surface area contributed by atoms with Crippen LogP contribution in [0.1, 0.15) is 20.8 Å². The molecule has 1 N–H and O–H groups in total. The second kappa shape index (κ2) is 2.71. The lowest BCUT2D eigenvalue weighted by Gasteiger charge is -2.20. The number of esters is 1. The van der Waals surface area contributed by atoms with Gasteiger partial charge < -0.3 is 10.1 Å². The summed E-state index contributed by atoms with van der Waals surface area (Å²) in [6, 6.07) is 0. The highest BCUT2D eigenvalue weighted by molar-refractivity contribution is 5.77. The van der Waals surface area contributed by atoms with Crippen molar-refractivity contribution in [2.24, 2.45) is 17.8 Å². The number of carbonyl (C=O) groups excluding carboxylic acids is 1. The van der Waals surface area contributed by atoms with Gasteiger partial charge in [0.15, 0.2) is 0 Å². The van der Waals surface area contributed by atoms with Gasteiger partial charge in [-0.25, -0.2) is 0 Å². The third-order valence-corrected chi connectivity index (χ3v) is 2.77. The smallest absolute Gasteiger partial charge is 0.310 e. The molecule has 0 radical (unpaired) electrons. The van der Waals surface area contributed by atoms with Crippen molar-refractivity contribution in [1.82, 2.24) is 5.32 Å². The first-order valence-electron chi connectivity index (χ1n) is 4.92. The van der Waals surface area contributed by atoms with Crippen LogP contribution in [-0.4, -0.2) is 24.7 Å². The van der Waals surface area contributed by atoms with Crippen LogP contribution in [0.4, 0.5) is 0 Å². The zero-order chi connectivity index (χ0) is 9.64. The Morgan fingerprint density at radius 1 is 1.31 bits per heavy atom. The van der Waals surface area contributed by atoms with Gasteiger partial charge in [0.05, 0.1) is 5.92 Å². The maximum absolute atomic E-state index is 11.6. The second-order valence-electron chi connectivity index (χ2n) is 5.05. The Labute approximate surface area is 78.8 Å². The maximum Gasteiger partial charge on any atom is 0.310 e. The number of nitrogens with one attached hydrogen (secondary N) is 1. The molecule has 0 spiro atoms. The standard InChI is InChI=1S/C10H17NO2/c1-10(2,3)13-9(12)8-6-4-11-5-7(6)8/h6-8,11H,4-5H2,1-3H3/t6-,7+,8?. The molecule has 0 bridgehead atoms. The van der Waals surface area contributed by atoms with Crippen molar-refractivity contribution >= 4 is 5.97 Å². The molecule has 2 rings (SSSR count). The van der Waals surface area contributed by atoms with E-state index in [2.05, 4.69) is 5.32 Å². The van der Waals surface area contributed by atoms with E-state index < -0.39 is 0 Å². The lowest BCUT2D eigenvalue weighted by atomic mass is 10.2. The molecule has 3 nitrogen and oxygen atoms in total. The lowest BCUT2D eigenvalue weighted by molar-refractivity contribution is -0.157. The van der Waals surface area contributed by atoms with E-state index in [1.807, 2.05) is 20.8 Å². The number of hydrogen-bond donors (Lipinski definition) is 1. The molecule has 1 heterocycles. The molecule has 0 amide bonds. The van der Waals surface area contributed by atoms with E-state index in [4.69, 9.17) is 4.74 Å². The quantitative estimate of drug-likeness (QED) is 0.611. The average Bonchev–Trinajstić information content (AvgIpc) is 2.44. The zero-order valence-electron chi connectivity index (χ0n) is 8.46. The van der Waals surface area contributed by atoms with Crippen LogP contribution in [0.25, 0.3) is 0 Å². The van der Waals surface area contributed by atoms with E-state index in [9.17, 15) is 4.79 Å². The van der Waals surface area contributed by atoms with Gasteiger partial charge in [0.1, 0.15) is 5.60 Å². The molecule has 1 aliphatic heterocycles. The first kappa shape index (κ1) is 9.00. The minimum absolute atomic E-state index is 0.00370. The molecule has 74 valence electrons. The Hall–Kier alpha value is -0.570. The van der Waals surface area contributed by atoms with Crippen molar-refractivity contribution in [1.29, 1.82) is 0 Å². The third-order valence-electron chi connectivity index (χ3n) is 2.77. The average molecular weight is 183 g/mol. The highest BCUT2D eigenvalue weighted by atomic mass is 16.6. The van der Waals surface area contributed by atoms with Crippen LogP contribution >= 0.6 is 0 Å². The summed E-state index contributed by atoms with van der Waals surface area (Å²) in [6.45, 7) is 7.74. The molecule has 1 aliphatic carbocycles. The van der Waals surface area contributed by atoms with Crippen LogP contribution in [-0.2, 0) is 9.53 Å². The molecule has 0 aromatic carbocycles. The van der Waals surface area contributed by atoms with Crippen LogP contribution in [0.5, 0.6) is 0 Å². The first-order chi connectivity index (χ1) is 5.99. The van der Waals surface area contributed by atoms with Gasteiger partial charge in [-0.1, -0.05) is 0 Å². The van der Waals surface area contributed by atoms with Crippen LogP contribution in [0.2, 0.25) is 0 Å². The molecular formula is C10H17NO2. The van der Waals surface area contributed by atoms with Gasteiger partial charge >= 0.3 is 5.97 Å². The van der Waals surface area contributed by atoms with Gasteiger partial charge in [-0.05, 0) is 45.7 Å². The van der Waals surface area contributed by atoms with Gasteiger partial charge in [0.25, 0.3) is 0 Å². The zero-order valence-corrected chi connectivity index (χ0v) is 8.46. The third kappa shape index (κ3) is 1.70. The fraction of sp³-hybridized carbons (Fsp3) is 0.900. The summed E-state index contributed by atoms with van der Waals surface area (Å²) in [5, 5.41) is 3.26. The Bertz CT molecular complexity index is 222. The largest absolute Gasteiger partial charge is 0.460 e. The van der Waals surface area contributed by atoms with E-state index >= 15 is 0 Å². The minimum Gasteiger partial charge on any atom is -0.460 e. The highest BCUT2D eigenvalue weighted by Gasteiger charge is 2.58. The molecule has 13 heavy (non-hydrogen) atoms. The second-order valence-corrected chi connectivity index (χ2v) is 5.05. The van der Waals surface area contributed by atoms with E-state index in [1.54, 1.807) is 0 Å². The van der Waals surface area contributed by atoms with Gasteiger partial charge in [-0.2, -0.15) is 0 Å². The Morgan fingerprint density at radius 3 is 2.31 bits per heavy atom. The van der Waals surface area contributed by atoms with Gasteiger partial charge in [-0.3, -0.25) is 4.79 Å². The Balaban J connectivity index is 1.87. The van der Waals surface area contributed by atoms with E-state index in [-0.39, 0.29) is 17.5 Å². The predicted molar refractivity (Wildman–Crippen MR) is 49.2 cm³/mol. The molecule has 3 heteroatoms. The number of carbonyl (C=O) groups is 1. The normalized spacial score (nSPS) is 37.0. The first-order valence-corrected chi connectivity index (χ1v) is 4.92. The fourth-order valence-corrected chi connectivity index (χ4v) is 2.14. The Morgan fingerprint density at radius 2 is 1.85 bits per heavy atom. The van der Waals surface area contributed by atoms with Crippen molar-refractivity contribution in [3.8, 4) is 0 Å². The summed E-state index contributed by atoms with van der Waals surface area (Å²) in [6.07, 6.45) is 0. The van der Waals surface area contributed by atoms with Crippen molar-refractivity contribution in [2.45, 2.75) is 26.4 Å². The van der Waals surface area contributed by atoms with Crippen LogP contribution < -0.4 is 5.32 Å². The molecule has 2 aliphatic rings. The van der Waals surface area contributed by atoms with E-state index in [1.165, 1.54) is 0 Å². The number of rotatable bonds is 1. The molecule has 1 saturated carbocycles. The summed E-state index contributed by atoms with van der Waals surface area (Å²) in [7, 11) is 0. The maximum atomic E-state index is 11.6. The molecule has 2 fully saturated rings. The molecule has 1 unspecified atom stereocenters. The lowest BCUT2D eigenvalue weighted by Crippen LogP contribution is -2.28. The highest BCUT2D eigenvalue weighted by Crippen LogP contribution is 2.49. The van der Waals surface area contributed by atoms with E-state index in [0.29, 0.717) is 11.8 Å². The van der Waals surface area contributed by atoms with Gasteiger partial charge in [-0.15, -0.1) is 0 Å².